The predicted molar refractivity (Wildman–Crippen MR) is 119 cm³/mol. The molecule has 1 fully saturated rings. The fourth-order valence-corrected chi connectivity index (χ4v) is 6.09. The second kappa shape index (κ2) is 6.35. The lowest BCUT2D eigenvalue weighted by molar-refractivity contribution is 0.0860. The Labute approximate surface area is 179 Å². The highest BCUT2D eigenvalue weighted by Gasteiger charge is 2.56. The maximum Gasteiger partial charge on any atom is 0.189 e. The molecule has 1 aromatic heterocycles. The first-order valence-electron chi connectivity index (χ1n) is 10.4. The summed E-state index contributed by atoms with van der Waals surface area (Å²) in [5.74, 6) is 1.07. The molecular weight excluding hydrogens is 392 g/mol. The lowest BCUT2D eigenvalue weighted by Gasteiger charge is -2.43. The summed E-state index contributed by atoms with van der Waals surface area (Å²) in [6.45, 7) is 2.47. The van der Waals surface area contributed by atoms with Gasteiger partial charge in [0.15, 0.2) is 11.2 Å². The summed E-state index contributed by atoms with van der Waals surface area (Å²) < 4.78 is 1.97. The van der Waals surface area contributed by atoms with Gasteiger partial charge in [-0.05, 0) is 42.5 Å². The van der Waals surface area contributed by atoms with Crippen molar-refractivity contribution in [3.63, 3.8) is 0 Å². The highest BCUT2D eigenvalue weighted by atomic mass is 32.2. The number of thioether (sulfide) groups is 1. The molecule has 0 bridgehead atoms. The van der Waals surface area contributed by atoms with E-state index in [1.165, 1.54) is 21.6 Å². The van der Waals surface area contributed by atoms with Crippen LogP contribution in [0.4, 0.5) is 0 Å². The molecule has 1 saturated carbocycles. The minimum absolute atomic E-state index is 0.00127. The number of fused-ring (bicyclic) bond motifs is 3. The Hall–Kier alpha value is -2.79. The van der Waals surface area contributed by atoms with Crippen LogP contribution >= 0.6 is 11.8 Å². The Morgan fingerprint density at radius 2 is 1.70 bits per heavy atom. The van der Waals surface area contributed by atoms with E-state index in [1.807, 2.05) is 16.4 Å². The number of carbonyl (C=O) groups excluding carboxylic acids is 1. The molecule has 3 heterocycles. The first-order chi connectivity index (χ1) is 14.6. The van der Waals surface area contributed by atoms with E-state index in [0.717, 1.165) is 18.6 Å². The van der Waals surface area contributed by atoms with E-state index >= 15 is 0 Å². The molecule has 3 aromatic rings. The van der Waals surface area contributed by atoms with Gasteiger partial charge < -0.3 is 0 Å². The van der Waals surface area contributed by atoms with Gasteiger partial charge in [-0.15, -0.1) is 11.8 Å². The lowest BCUT2D eigenvalue weighted by Crippen LogP contribution is -2.52. The van der Waals surface area contributed by atoms with Gasteiger partial charge in [0.1, 0.15) is 5.69 Å². The molecule has 4 nitrogen and oxygen atoms in total. The van der Waals surface area contributed by atoms with Crippen LogP contribution in [0.5, 0.6) is 0 Å². The smallest absolute Gasteiger partial charge is 0.189 e. The Bertz CT molecular complexity index is 1210. The van der Waals surface area contributed by atoms with Crippen LogP contribution in [0.1, 0.15) is 51.6 Å². The van der Waals surface area contributed by atoms with Crippen molar-refractivity contribution in [3.05, 3.63) is 99.0 Å². The van der Waals surface area contributed by atoms with Gasteiger partial charge in [-0.1, -0.05) is 42.5 Å². The molecule has 2 aliphatic heterocycles. The van der Waals surface area contributed by atoms with Crippen LogP contribution in [0, 0.1) is 12.3 Å². The number of hydrogen-bond donors (Lipinski definition) is 0. The molecular formula is C25H22N2O2S. The zero-order valence-electron chi connectivity index (χ0n) is 16.8. The van der Waals surface area contributed by atoms with Crippen LogP contribution in [0.25, 0.3) is 0 Å². The molecule has 3 aliphatic rings. The molecule has 2 aromatic carbocycles. The molecule has 1 spiro atoms. The molecule has 0 N–H and O–H groups in total. The fourth-order valence-electron chi connectivity index (χ4n) is 4.99. The predicted octanol–water partition coefficient (Wildman–Crippen LogP) is 4.47. The van der Waals surface area contributed by atoms with Crippen LogP contribution in [0.3, 0.4) is 0 Å². The van der Waals surface area contributed by atoms with Crippen LogP contribution in [0.2, 0.25) is 0 Å². The highest BCUT2D eigenvalue weighted by Crippen LogP contribution is 2.53. The van der Waals surface area contributed by atoms with Gasteiger partial charge in [-0.25, -0.2) is 0 Å². The van der Waals surface area contributed by atoms with Crippen molar-refractivity contribution in [2.45, 2.75) is 36.5 Å². The average Bonchev–Trinajstić information content (AvgIpc) is 3.56. The summed E-state index contributed by atoms with van der Waals surface area (Å²) in [4.78, 5) is 27.1. The van der Waals surface area contributed by atoms with Crippen molar-refractivity contribution in [1.29, 1.82) is 0 Å². The molecule has 1 atom stereocenters. The average molecular weight is 415 g/mol. The molecule has 150 valence electrons. The number of benzene rings is 2. The number of carbonyl (C=O) groups is 1. The number of nitrogens with zero attached hydrogens (tertiary/aromatic N) is 2. The van der Waals surface area contributed by atoms with Gasteiger partial charge in [0, 0.05) is 35.0 Å². The first-order valence-corrected chi connectivity index (χ1v) is 11.4. The highest BCUT2D eigenvalue weighted by molar-refractivity contribution is 7.98. The van der Waals surface area contributed by atoms with E-state index in [2.05, 4.69) is 53.5 Å². The standard InChI is InChI=1S/C25H22N2O2S/c1-16-20(28)10-13-26-22(16)24(29)25(11-12-25)15-27(26)23-18-7-3-2-6-17(18)14-30-21-9-5-4-8-19(21)23/h2-10,13,23H,11-12,14-15H2,1H3. The Kier molecular flexibility index (Phi) is 3.81. The van der Waals surface area contributed by atoms with Gasteiger partial charge in [0.05, 0.1) is 11.5 Å². The third-order valence-electron chi connectivity index (χ3n) is 6.86. The third kappa shape index (κ3) is 2.48. The van der Waals surface area contributed by atoms with Gasteiger partial charge in [0.25, 0.3) is 0 Å². The number of aromatic nitrogens is 1. The van der Waals surface area contributed by atoms with Crippen LogP contribution in [0.15, 0.2) is 70.5 Å². The van der Waals surface area contributed by atoms with Crippen molar-refractivity contribution in [2.75, 3.05) is 11.6 Å². The molecule has 0 amide bonds. The molecule has 5 heteroatoms. The summed E-state index contributed by atoms with van der Waals surface area (Å²) >= 11 is 1.87. The molecule has 6 rings (SSSR count). The summed E-state index contributed by atoms with van der Waals surface area (Å²) in [7, 11) is 0. The summed E-state index contributed by atoms with van der Waals surface area (Å²) in [6.07, 6.45) is 3.59. The lowest BCUT2D eigenvalue weighted by atomic mass is 9.89. The van der Waals surface area contributed by atoms with E-state index in [-0.39, 0.29) is 22.7 Å². The second-order valence-electron chi connectivity index (χ2n) is 8.63. The molecule has 0 radical (unpaired) electrons. The Morgan fingerprint density at radius 1 is 0.967 bits per heavy atom. The van der Waals surface area contributed by atoms with E-state index in [4.69, 9.17) is 0 Å². The van der Waals surface area contributed by atoms with Crippen molar-refractivity contribution in [2.24, 2.45) is 5.41 Å². The Balaban J connectivity index is 1.63. The number of hydrogen-bond acceptors (Lipinski definition) is 4. The van der Waals surface area contributed by atoms with Crippen molar-refractivity contribution >= 4 is 17.5 Å². The van der Waals surface area contributed by atoms with Crippen molar-refractivity contribution in [1.82, 2.24) is 4.68 Å². The Morgan fingerprint density at radius 3 is 2.50 bits per heavy atom. The molecule has 30 heavy (non-hydrogen) atoms. The minimum atomic E-state index is -0.345. The number of Topliss-reactive ketones (excluding diaryl/α,β-unsaturated/α-hetero) is 1. The summed E-state index contributed by atoms with van der Waals surface area (Å²) in [5.41, 5.74) is 4.58. The minimum Gasteiger partial charge on any atom is -0.300 e. The maximum absolute atomic E-state index is 13.4. The van der Waals surface area contributed by atoms with Crippen molar-refractivity contribution < 1.29 is 4.79 Å². The SMILES string of the molecule is Cc1c2n(ccc1=O)N(C1c3ccccc3CSc3ccccc31)CC1(CC1)C2=O. The van der Waals surface area contributed by atoms with Crippen LogP contribution in [-0.2, 0) is 5.75 Å². The largest absolute Gasteiger partial charge is 0.300 e. The van der Waals surface area contributed by atoms with E-state index in [9.17, 15) is 9.59 Å². The topological polar surface area (TPSA) is 42.3 Å². The first kappa shape index (κ1) is 18.0. The quantitative estimate of drug-likeness (QED) is 0.589. The number of pyridine rings is 1. The third-order valence-corrected chi connectivity index (χ3v) is 8.00. The molecule has 1 aliphatic carbocycles. The van der Waals surface area contributed by atoms with Gasteiger partial charge >= 0.3 is 0 Å². The fraction of sp³-hybridized carbons (Fsp3) is 0.280. The van der Waals surface area contributed by atoms with E-state index in [1.54, 1.807) is 19.2 Å². The monoisotopic (exact) mass is 414 g/mol. The summed E-state index contributed by atoms with van der Waals surface area (Å²) in [6, 6.07) is 18.8. The van der Waals surface area contributed by atoms with Gasteiger partial charge in [0.2, 0.25) is 0 Å². The summed E-state index contributed by atoms with van der Waals surface area (Å²) in [5, 5.41) is 2.33. The van der Waals surface area contributed by atoms with Gasteiger partial charge in [-0.3, -0.25) is 19.3 Å². The van der Waals surface area contributed by atoms with E-state index in [0.29, 0.717) is 17.8 Å². The van der Waals surface area contributed by atoms with Crippen LogP contribution in [-0.4, -0.2) is 17.0 Å². The van der Waals surface area contributed by atoms with Crippen molar-refractivity contribution in [3.8, 4) is 0 Å². The maximum atomic E-state index is 13.4. The molecule has 0 saturated heterocycles. The number of rotatable bonds is 1. The zero-order valence-corrected chi connectivity index (χ0v) is 17.6. The zero-order chi connectivity index (χ0) is 20.5. The normalized spacial score (nSPS) is 20.9. The van der Waals surface area contributed by atoms with Crippen LogP contribution < -0.4 is 10.4 Å². The second-order valence-corrected chi connectivity index (χ2v) is 9.65. The van der Waals surface area contributed by atoms with Gasteiger partial charge in [-0.2, -0.15) is 0 Å². The number of ketones is 1. The van der Waals surface area contributed by atoms with E-state index < -0.39 is 0 Å². The molecule has 1 unspecified atom stereocenters.